The molecule has 0 aliphatic heterocycles. The molecule has 0 fully saturated rings. The first-order valence-electron chi connectivity index (χ1n) is 7.85. The van der Waals surface area contributed by atoms with Crippen molar-refractivity contribution >= 4 is 22.7 Å². The zero-order valence-corrected chi connectivity index (χ0v) is 15.5. The Morgan fingerprint density at radius 1 is 0.962 bits per heavy atom. The zero-order valence-electron chi connectivity index (χ0n) is 14.7. The number of hydrogen-bond acceptors (Lipinski definition) is 7. The Morgan fingerprint density at radius 3 is 2.50 bits per heavy atom. The minimum absolute atomic E-state index is 0.657. The number of hydrogen-bond donors (Lipinski definition) is 1. The van der Waals surface area contributed by atoms with Gasteiger partial charge in [0.25, 0.3) is 0 Å². The van der Waals surface area contributed by atoms with Gasteiger partial charge < -0.3 is 14.2 Å². The van der Waals surface area contributed by atoms with Crippen LogP contribution >= 0.6 is 11.3 Å². The van der Waals surface area contributed by atoms with Crippen LogP contribution in [0.5, 0.6) is 17.2 Å². The molecule has 0 spiro atoms. The number of methoxy groups -OCH3 is 3. The highest BCUT2D eigenvalue weighted by Gasteiger charge is 2.09. The van der Waals surface area contributed by atoms with Crippen LogP contribution in [0.2, 0.25) is 0 Å². The molecule has 6 nitrogen and oxygen atoms in total. The summed E-state index contributed by atoms with van der Waals surface area (Å²) in [6, 6.07) is 13.4. The van der Waals surface area contributed by atoms with Gasteiger partial charge in [0.1, 0.15) is 5.75 Å². The second-order valence-electron chi connectivity index (χ2n) is 5.22. The normalized spacial score (nSPS) is 10.7. The zero-order chi connectivity index (χ0) is 18.4. The molecule has 0 bridgehead atoms. The predicted molar refractivity (Wildman–Crippen MR) is 105 cm³/mol. The Balaban J connectivity index is 1.71. The molecule has 26 heavy (non-hydrogen) atoms. The number of aromatic nitrogens is 1. The second-order valence-corrected chi connectivity index (χ2v) is 6.08. The van der Waals surface area contributed by atoms with Crippen molar-refractivity contribution in [2.75, 3.05) is 26.8 Å². The molecule has 0 amide bonds. The third-order valence-corrected chi connectivity index (χ3v) is 4.42. The van der Waals surface area contributed by atoms with Gasteiger partial charge in [0, 0.05) is 10.9 Å². The van der Waals surface area contributed by atoms with Crippen molar-refractivity contribution in [3.8, 4) is 28.5 Å². The quantitative estimate of drug-likeness (QED) is 0.497. The van der Waals surface area contributed by atoms with E-state index in [1.165, 1.54) is 11.3 Å². The molecule has 0 saturated heterocycles. The van der Waals surface area contributed by atoms with E-state index in [1.807, 2.05) is 47.8 Å². The fourth-order valence-corrected chi connectivity index (χ4v) is 3.06. The maximum Gasteiger partial charge on any atom is 0.203 e. The number of ether oxygens (including phenoxy) is 3. The fourth-order valence-electron chi connectivity index (χ4n) is 2.40. The molecule has 1 N–H and O–H groups in total. The van der Waals surface area contributed by atoms with Crippen molar-refractivity contribution in [1.29, 1.82) is 0 Å². The summed E-state index contributed by atoms with van der Waals surface area (Å²) in [4.78, 5) is 4.55. The molecular weight excluding hydrogens is 350 g/mol. The molecule has 0 atom stereocenters. The molecule has 1 heterocycles. The van der Waals surface area contributed by atoms with E-state index in [1.54, 1.807) is 27.5 Å². The van der Waals surface area contributed by atoms with Gasteiger partial charge >= 0.3 is 0 Å². The highest BCUT2D eigenvalue weighted by molar-refractivity contribution is 7.14. The van der Waals surface area contributed by atoms with E-state index in [0.717, 1.165) is 22.6 Å². The highest BCUT2D eigenvalue weighted by atomic mass is 32.1. The van der Waals surface area contributed by atoms with E-state index in [0.29, 0.717) is 16.6 Å². The molecule has 1 aromatic heterocycles. The van der Waals surface area contributed by atoms with Crippen LogP contribution in [0.3, 0.4) is 0 Å². The average molecular weight is 369 g/mol. The van der Waals surface area contributed by atoms with Crippen LogP contribution < -0.4 is 19.6 Å². The maximum absolute atomic E-state index is 5.38. The minimum Gasteiger partial charge on any atom is -0.496 e. The topological polar surface area (TPSA) is 65.0 Å². The first kappa shape index (κ1) is 17.8. The van der Waals surface area contributed by atoms with E-state index in [4.69, 9.17) is 14.2 Å². The molecular formula is C19H19N3O3S. The number of para-hydroxylation sites is 1. The number of rotatable bonds is 7. The maximum atomic E-state index is 5.38. The standard InChI is InChI=1S/C19H19N3O3S/c1-23-16-7-5-4-6-14(16)15-12-26-19(21-15)22-20-11-13-8-9-17(24-2)18(10-13)25-3/h4-12H,1-3H3,(H,21,22)/b20-11-. The second kappa shape index (κ2) is 8.35. The Hall–Kier alpha value is -3.06. The van der Waals surface area contributed by atoms with Gasteiger partial charge in [0.15, 0.2) is 11.5 Å². The Labute approximate surface area is 156 Å². The minimum atomic E-state index is 0.657. The highest BCUT2D eigenvalue weighted by Crippen LogP contribution is 2.32. The van der Waals surface area contributed by atoms with Crippen LogP contribution in [0.15, 0.2) is 52.9 Å². The van der Waals surface area contributed by atoms with Crippen molar-refractivity contribution < 1.29 is 14.2 Å². The van der Waals surface area contributed by atoms with Gasteiger partial charge in [-0.3, -0.25) is 5.43 Å². The molecule has 0 aliphatic carbocycles. The monoisotopic (exact) mass is 369 g/mol. The lowest BCUT2D eigenvalue weighted by Gasteiger charge is -2.07. The molecule has 3 aromatic rings. The summed E-state index contributed by atoms with van der Waals surface area (Å²) in [6.07, 6.45) is 1.70. The molecule has 134 valence electrons. The van der Waals surface area contributed by atoms with E-state index in [9.17, 15) is 0 Å². The summed E-state index contributed by atoms with van der Waals surface area (Å²) < 4.78 is 15.9. The Bertz CT molecular complexity index is 909. The van der Waals surface area contributed by atoms with Gasteiger partial charge in [-0.05, 0) is 35.9 Å². The third kappa shape index (κ3) is 3.94. The number of thiazole rings is 1. The summed E-state index contributed by atoms with van der Waals surface area (Å²) in [5.41, 5.74) is 5.63. The first-order chi connectivity index (χ1) is 12.7. The van der Waals surface area contributed by atoms with Crippen molar-refractivity contribution in [1.82, 2.24) is 4.98 Å². The van der Waals surface area contributed by atoms with Gasteiger partial charge in [-0.15, -0.1) is 11.3 Å². The van der Waals surface area contributed by atoms with E-state index >= 15 is 0 Å². The summed E-state index contributed by atoms with van der Waals surface area (Å²) in [7, 11) is 4.86. The smallest absolute Gasteiger partial charge is 0.203 e. The van der Waals surface area contributed by atoms with Crippen molar-refractivity contribution in [3.05, 3.63) is 53.4 Å². The lowest BCUT2D eigenvalue weighted by molar-refractivity contribution is 0.355. The fraction of sp³-hybridized carbons (Fsp3) is 0.158. The summed E-state index contributed by atoms with van der Waals surface area (Å²) >= 11 is 1.48. The lowest BCUT2D eigenvalue weighted by Crippen LogP contribution is -1.94. The molecule has 0 radical (unpaired) electrons. The van der Waals surface area contributed by atoms with Crippen LogP contribution in [0.25, 0.3) is 11.3 Å². The van der Waals surface area contributed by atoms with Gasteiger partial charge in [-0.2, -0.15) is 5.10 Å². The van der Waals surface area contributed by atoms with E-state index in [2.05, 4.69) is 15.5 Å². The molecule has 3 rings (SSSR count). The number of hydrazone groups is 1. The van der Waals surface area contributed by atoms with Crippen molar-refractivity contribution in [2.24, 2.45) is 5.10 Å². The number of nitrogens with one attached hydrogen (secondary N) is 1. The lowest BCUT2D eigenvalue weighted by atomic mass is 10.1. The number of anilines is 1. The summed E-state index contributed by atoms with van der Waals surface area (Å²) in [5.74, 6) is 2.13. The van der Waals surface area contributed by atoms with Gasteiger partial charge in [-0.25, -0.2) is 4.98 Å². The van der Waals surface area contributed by atoms with Gasteiger partial charge in [0.05, 0.1) is 33.2 Å². The Kier molecular flexibility index (Phi) is 5.70. The molecule has 0 saturated carbocycles. The van der Waals surface area contributed by atoms with Crippen LogP contribution in [0.4, 0.5) is 5.13 Å². The number of nitrogens with zero attached hydrogens (tertiary/aromatic N) is 2. The third-order valence-electron chi connectivity index (χ3n) is 3.67. The van der Waals surface area contributed by atoms with Crippen LogP contribution in [-0.2, 0) is 0 Å². The summed E-state index contributed by atoms with van der Waals surface area (Å²) in [5, 5.41) is 6.90. The Morgan fingerprint density at radius 2 is 1.73 bits per heavy atom. The van der Waals surface area contributed by atoms with Crippen molar-refractivity contribution in [3.63, 3.8) is 0 Å². The van der Waals surface area contributed by atoms with Crippen LogP contribution in [-0.4, -0.2) is 32.5 Å². The first-order valence-corrected chi connectivity index (χ1v) is 8.73. The molecule has 2 aromatic carbocycles. The molecule has 0 aliphatic rings. The summed E-state index contributed by atoms with van der Waals surface area (Å²) in [6.45, 7) is 0. The predicted octanol–water partition coefficient (Wildman–Crippen LogP) is 4.28. The van der Waals surface area contributed by atoms with Gasteiger partial charge in [-0.1, -0.05) is 12.1 Å². The largest absolute Gasteiger partial charge is 0.496 e. The average Bonchev–Trinajstić information content (AvgIpc) is 3.16. The molecule has 0 unspecified atom stereocenters. The van der Waals surface area contributed by atoms with Crippen molar-refractivity contribution in [2.45, 2.75) is 0 Å². The van der Waals surface area contributed by atoms with E-state index < -0.39 is 0 Å². The SMILES string of the molecule is COc1ccc(/C=N\Nc2nc(-c3ccccc3OC)cs2)cc1OC. The van der Waals surface area contributed by atoms with E-state index in [-0.39, 0.29) is 0 Å². The molecule has 7 heteroatoms. The number of benzene rings is 2. The van der Waals surface area contributed by atoms with Crippen LogP contribution in [0, 0.1) is 0 Å². The van der Waals surface area contributed by atoms with Crippen LogP contribution in [0.1, 0.15) is 5.56 Å². The van der Waals surface area contributed by atoms with Gasteiger partial charge in [0.2, 0.25) is 5.13 Å².